The first-order valence-corrected chi connectivity index (χ1v) is 8.12. The van der Waals surface area contributed by atoms with Crippen molar-refractivity contribution in [3.8, 4) is 0 Å². The van der Waals surface area contributed by atoms with Gasteiger partial charge in [-0.3, -0.25) is 0 Å². The molecule has 1 aliphatic heterocycles. The van der Waals surface area contributed by atoms with E-state index in [-0.39, 0.29) is 12.4 Å². The molecule has 0 N–H and O–H groups in total. The number of benzene rings is 1. The summed E-state index contributed by atoms with van der Waals surface area (Å²) in [7, 11) is 0. The Morgan fingerprint density at radius 3 is 1.85 bits per heavy atom. The number of thioether (sulfide) groups is 1. The molecule has 1 aliphatic rings. The van der Waals surface area contributed by atoms with Gasteiger partial charge in [-0.2, -0.15) is 0 Å². The molecule has 0 bridgehead atoms. The molecule has 0 saturated heterocycles. The zero-order valence-corrected chi connectivity index (χ0v) is 15.0. The molecular formula is C17H26ClNS. The summed E-state index contributed by atoms with van der Waals surface area (Å²) in [5, 5.41) is 0. The van der Waals surface area contributed by atoms with Crippen molar-refractivity contribution in [2.24, 2.45) is 0 Å². The first-order chi connectivity index (χ1) is 8.93. The third-order valence-electron chi connectivity index (χ3n) is 3.94. The summed E-state index contributed by atoms with van der Waals surface area (Å²) in [4.78, 5) is 3.96. The molecule has 0 spiro atoms. The first kappa shape index (κ1) is 17.5. The van der Waals surface area contributed by atoms with E-state index in [9.17, 15) is 0 Å². The number of hydrogen-bond donors (Lipinski definition) is 0. The van der Waals surface area contributed by atoms with Crippen molar-refractivity contribution in [2.75, 3.05) is 10.8 Å². The highest BCUT2D eigenvalue weighted by Gasteiger charge is 2.24. The molecule has 1 aromatic rings. The zero-order valence-electron chi connectivity index (χ0n) is 13.4. The van der Waals surface area contributed by atoms with Crippen molar-refractivity contribution in [3.63, 3.8) is 0 Å². The van der Waals surface area contributed by atoms with Crippen LogP contribution in [0.15, 0.2) is 28.8 Å². The number of hydrogen-bond acceptors (Lipinski definition) is 2. The summed E-state index contributed by atoms with van der Waals surface area (Å²) in [5.74, 6) is 2.18. The van der Waals surface area contributed by atoms with Crippen molar-refractivity contribution in [3.05, 3.63) is 39.9 Å². The summed E-state index contributed by atoms with van der Waals surface area (Å²) in [6.07, 6.45) is 0. The zero-order chi connectivity index (χ0) is 14.2. The largest absolute Gasteiger partial charge is 0.334 e. The van der Waals surface area contributed by atoms with Crippen LogP contribution in [-0.4, -0.2) is 5.88 Å². The molecule has 0 saturated carbocycles. The van der Waals surface area contributed by atoms with Crippen LogP contribution >= 0.6 is 24.2 Å². The van der Waals surface area contributed by atoms with Gasteiger partial charge in [-0.15, -0.1) is 24.2 Å². The van der Waals surface area contributed by atoms with Crippen LogP contribution in [0.5, 0.6) is 0 Å². The van der Waals surface area contributed by atoms with Gasteiger partial charge in [-0.1, -0.05) is 45.9 Å². The Balaban J connectivity index is 0.00000200. The molecule has 0 radical (unpaired) electrons. The minimum Gasteiger partial charge on any atom is -0.334 e. The van der Waals surface area contributed by atoms with Crippen molar-refractivity contribution in [1.82, 2.24) is 0 Å². The van der Waals surface area contributed by atoms with Crippen LogP contribution < -0.4 is 4.90 Å². The Hall–Kier alpha value is -0.600. The molecule has 0 atom stereocenters. The van der Waals surface area contributed by atoms with E-state index >= 15 is 0 Å². The first-order valence-electron chi connectivity index (χ1n) is 7.14. The van der Waals surface area contributed by atoms with Gasteiger partial charge < -0.3 is 4.90 Å². The van der Waals surface area contributed by atoms with E-state index in [1.807, 2.05) is 11.8 Å². The van der Waals surface area contributed by atoms with E-state index < -0.39 is 0 Å². The van der Waals surface area contributed by atoms with E-state index in [4.69, 9.17) is 0 Å². The fourth-order valence-electron chi connectivity index (χ4n) is 2.61. The number of halogens is 1. The predicted molar refractivity (Wildman–Crippen MR) is 95.2 cm³/mol. The molecule has 2 rings (SSSR count). The highest BCUT2D eigenvalue weighted by molar-refractivity contribution is 8.03. The topological polar surface area (TPSA) is 3.24 Å². The van der Waals surface area contributed by atoms with Crippen molar-refractivity contribution < 1.29 is 0 Å². The maximum atomic E-state index is 2.50. The molecule has 112 valence electrons. The molecule has 0 aliphatic carbocycles. The molecule has 20 heavy (non-hydrogen) atoms. The smallest absolute Gasteiger partial charge is 0.0729 e. The fourth-order valence-corrected chi connectivity index (χ4v) is 3.57. The average Bonchev–Trinajstić information content (AvgIpc) is 2.68. The Kier molecular flexibility index (Phi) is 6.03. The molecule has 0 aromatic heterocycles. The molecule has 0 fully saturated rings. The van der Waals surface area contributed by atoms with Crippen molar-refractivity contribution >= 4 is 29.9 Å². The van der Waals surface area contributed by atoms with Crippen LogP contribution in [-0.2, 0) is 0 Å². The quantitative estimate of drug-likeness (QED) is 0.661. The van der Waals surface area contributed by atoms with Gasteiger partial charge in [0.25, 0.3) is 0 Å². The number of anilines is 1. The summed E-state index contributed by atoms with van der Waals surface area (Å²) < 4.78 is 0. The van der Waals surface area contributed by atoms with Gasteiger partial charge in [0.15, 0.2) is 0 Å². The molecule has 1 nitrogen and oxygen atoms in total. The van der Waals surface area contributed by atoms with Gasteiger partial charge in [0.1, 0.15) is 0 Å². The SMILES string of the molecule is CC1=C(C)N(c2c(C(C)C)cccc2C(C)C)CS1.Cl. The lowest BCUT2D eigenvalue weighted by Crippen LogP contribution is -2.20. The molecule has 3 heteroatoms. The number of rotatable bonds is 3. The Morgan fingerprint density at radius 1 is 1.00 bits per heavy atom. The lowest BCUT2D eigenvalue weighted by atomic mass is 9.92. The van der Waals surface area contributed by atoms with Crippen LogP contribution in [0.3, 0.4) is 0 Å². The summed E-state index contributed by atoms with van der Waals surface area (Å²) in [6.45, 7) is 13.6. The Labute approximate surface area is 134 Å². The lowest BCUT2D eigenvalue weighted by molar-refractivity contribution is 0.821. The van der Waals surface area contributed by atoms with E-state index in [0.29, 0.717) is 11.8 Å². The van der Waals surface area contributed by atoms with Gasteiger partial charge in [0.05, 0.1) is 5.88 Å². The lowest BCUT2D eigenvalue weighted by Gasteiger charge is -2.28. The van der Waals surface area contributed by atoms with Gasteiger partial charge in [0.2, 0.25) is 0 Å². The molecule has 0 unspecified atom stereocenters. The number of nitrogens with zero attached hydrogens (tertiary/aromatic N) is 1. The van der Waals surface area contributed by atoms with Crippen molar-refractivity contribution in [2.45, 2.75) is 53.4 Å². The maximum Gasteiger partial charge on any atom is 0.0729 e. The van der Waals surface area contributed by atoms with Crippen LogP contribution in [0, 0.1) is 0 Å². The van der Waals surface area contributed by atoms with E-state index in [0.717, 1.165) is 5.88 Å². The van der Waals surface area contributed by atoms with Gasteiger partial charge in [-0.25, -0.2) is 0 Å². The van der Waals surface area contributed by atoms with Crippen LogP contribution in [0.25, 0.3) is 0 Å². The highest BCUT2D eigenvalue weighted by atomic mass is 35.5. The fraction of sp³-hybridized carbons (Fsp3) is 0.529. The van der Waals surface area contributed by atoms with Crippen LogP contribution in [0.2, 0.25) is 0 Å². The van der Waals surface area contributed by atoms with Crippen LogP contribution in [0.4, 0.5) is 5.69 Å². The van der Waals surface area contributed by atoms with Gasteiger partial charge in [-0.05, 0) is 36.8 Å². The standard InChI is InChI=1S/C17H25NS.ClH/c1-11(2)15-8-7-9-16(12(3)4)17(15)18-10-19-14(6)13(18)5;/h7-9,11-12H,10H2,1-6H3;1H. The monoisotopic (exact) mass is 311 g/mol. The normalized spacial score (nSPS) is 15.3. The number of allylic oxidation sites excluding steroid dienone is 2. The van der Waals surface area contributed by atoms with E-state index in [1.165, 1.54) is 27.4 Å². The second-order valence-electron chi connectivity index (χ2n) is 5.94. The molecule has 1 aromatic carbocycles. The Morgan fingerprint density at radius 2 is 1.50 bits per heavy atom. The van der Waals surface area contributed by atoms with Crippen LogP contribution in [0.1, 0.15) is 64.5 Å². The summed E-state index contributed by atoms with van der Waals surface area (Å²) in [5.41, 5.74) is 5.82. The average molecular weight is 312 g/mol. The second kappa shape index (κ2) is 6.91. The van der Waals surface area contributed by atoms with Crippen molar-refractivity contribution in [1.29, 1.82) is 0 Å². The highest BCUT2D eigenvalue weighted by Crippen LogP contribution is 2.42. The second-order valence-corrected chi connectivity index (χ2v) is 7.10. The van der Waals surface area contributed by atoms with Gasteiger partial charge >= 0.3 is 0 Å². The third kappa shape index (κ3) is 3.17. The Bertz CT molecular complexity index is 479. The molecule has 0 amide bonds. The summed E-state index contributed by atoms with van der Waals surface area (Å²) >= 11 is 1.95. The molecular weight excluding hydrogens is 286 g/mol. The minimum atomic E-state index is 0. The summed E-state index contributed by atoms with van der Waals surface area (Å²) in [6, 6.07) is 6.79. The van der Waals surface area contributed by atoms with Gasteiger partial charge in [0, 0.05) is 16.3 Å². The minimum absolute atomic E-state index is 0. The number of para-hydroxylation sites is 1. The molecule has 1 heterocycles. The predicted octanol–water partition coefficient (Wildman–Crippen LogP) is 6.12. The third-order valence-corrected chi connectivity index (χ3v) is 5.05. The van der Waals surface area contributed by atoms with E-state index in [1.54, 1.807) is 0 Å². The maximum absolute atomic E-state index is 2.50. The van der Waals surface area contributed by atoms with E-state index in [2.05, 4.69) is 64.6 Å².